The smallest absolute Gasteiger partial charge is 0.311 e. The molecule has 1 aromatic rings. The quantitative estimate of drug-likeness (QED) is 0.882. The van der Waals surface area contributed by atoms with Crippen LogP contribution in [-0.2, 0) is 16.2 Å². The summed E-state index contributed by atoms with van der Waals surface area (Å²) in [5, 5.41) is 3.61. The summed E-state index contributed by atoms with van der Waals surface area (Å²) in [5.41, 5.74) is -0.835. The van der Waals surface area contributed by atoms with Crippen LogP contribution in [0, 0.1) is 11.8 Å². The fourth-order valence-electron chi connectivity index (χ4n) is 4.15. The summed E-state index contributed by atoms with van der Waals surface area (Å²) < 4.78 is 65.0. The number of hydrogen-bond donors (Lipinski definition) is 1. The van der Waals surface area contributed by atoms with Gasteiger partial charge in [-0.15, -0.1) is 0 Å². The van der Waals surface area contributed by atoms with Gasteiger partial charge in [-0.25, -0.2) is 8.42 Å². The molecular weight excluding hydrogens is 353 g/mol. The molecule has 2 aliphatic carbocycles. The molecule has 3 unspecified atom stereocenters. The molecule has 1 N–H and O–H groups in total. The minimum absolute atomic E-state index is 0.0628. The fourth-order valence-corrected chi connectivity index (χ4v) is 5.68. The lowest BCUT2D eigenvalue weighted by molar-refractivity contribution is -0.137. The molecular formula is C17H21F3N2O2S. The van der Waals surface area contributed by atoms with Crippen LogP contribution >= 0.6 is 0 Å². The largest absolute Gasteiger partial charge is 0.416 e. The molecule has 4 rings (SSSR count). The van der Waals surface area contributed by atoms with Crippen molar-refractivity contribution in [1.29, 1.82) is 0 Å². The van der Waals surface area contributed by atoms with Crippen molar-refractivity contribution in [3.05, 3.63) is 29.8 Å². The lowest BCUT2D eigenvalue weighted by Gasteiger charge is -2.22. The molecule has 1 aliphatic heterocycles. The molecule has 0 amide bonds. The van der Waals surface area contributed by atoms with E-state index in [1.807, 2.05) is 0 Å². The van der Waals surface area contributed by atoms with E-state index >= 15 is 0 Å². The highest BCUT2D eigenvalue weighted by Gasteiger charge is 2.47. The van der Waals surface area contributed by atoms with E-state index in [9.17, 15) is 21.6 Å². The van der Waals surface area contributed by atoms with Gasteiger partial charge in [0.05, 0.1) is 10.5 Å². The second kappa shape index (κ2) is 5.96. The Morgan fingerprint density at radius 3 is 2.28 bits per heavy atom. The van der Waals surface area contributed by atoms with E-state index < -0.39 is 21.8 Å². The third-order valence-electron chi connectivity index (χ3n) is 5.67. The molecule has 1 saturated heterocycles. The van der Waals surface area contributed by atoms with Gasteiger partial charge in [0.15, 0.2) is 0 Å². The third-order valence-corrected chi connectivity index (χ3v) is 7.52. The minimum Gasteiger partial charge on any atom is -0.311 e. The Bertz CT molecular complexity index is 744. The van der Waals surface area contributed by atoms with E-state index in [1.54, 1.807) is 0 Å². The van der Waals surface area contributed by atoms with Gasteiger partial charge in [-0.3, -0.25) is 0 Å². The Kier molecular flexibility index (Phi) is 4.12. The van der Waals surface area contributed by atoms with E-state index in [-0.39, 0.29) is 4.90 Å². The summed E-state index contributed by atoms with van der Waals surface area (Å²) >= 11 is 0. The van der Waals surface area contributed by atoms with Gasteiger partial charge in [0.1, 0.15) is 0 Å². The van der Waals surface area contributed by atoms with Crippen LogP contribution in [0.1, 0.15) is 31.2 Å². The molecule has 2 saturated carbocycles. The van der Waals surface area contributed by atoms with Gasteiger partial charge in [-0.05, 0) is 61.8 Å². The summed E-state index contributed by atoms with van der Waals surface area (Å²) in [7, 11) is -3.74. The fraction of sp³-hybridized carbons (Fsp3) is 0.647. The average molecular weight is 374 g/mol. The van der Waals surface area contributed by atoms with Crippen LogP contribution in [0.4, 0.5) is 13.2 Å². The zero-order chi connectivity index (χ0) is 17.8. The molecule has 1 aromatic carbocycles. The molecule has 0 bridgehead atoms. The summed E-state index contributed by atoms with van der Waals surface area (Å²) in [5.74, 6) is 0.658. The molecule has 0 radical (unpaired) electrons. The van der Waals surface area contributed by atoms with E-state index in [1.165, 1.54) is 17.1 Å². The zero-order valence-corrected chi connectivity index (χ0v) is 14.5. The molecule has 138 valence electrons. The van der Waals surface area contributed by atoms with Crippen molar-refractivity contribution in [1.82, 2.24) is 9.62 Å². The predicted molar refractivity (Wildman–Crippen MR) is 86.4 cm³/mol. The van der Waals surface area contributed by atoms with Crippen LogP contribution in [0.3, 0.4) is 0 Å². The number of rotatable bonds is 4. The van der Waals surface area contributed by atoms with Crippen LogP contribution in [0.5, 0.6) is 0 Å². The van der Waals surface area contributed by atoms with E-state index in [0.717, 1.165) is 37.1 Å². The number of fused-ring (bicyclic) bond motifs is 1. The molecule has 25 heavy (non-hydrogen) atoms. The molecule has 3 atom stereocenters. The van der Waals surface area contributed by atoms with E-state index in [2.05, 4.69) is 5.32 Å². The first-order valence-electron chi connectivity index (χ1n) is 8.68. The monoisotopic (exact) mass is 374 g/mol. The normalized spacial score (nSPS) is 30.6. The van der Waals surface area contributed by atoms with E-state index in [4.69, 9.17) is 0 Å². The number of hydrogen-bond acceptors (Lipinski definition) is 3. The zero-order valence-electron chi connectivity index (χ0n) is 13.7. The first-order valence-corrected chi connectivity index (χ1v) is 10.1. The van der Waals surface area contributed by atoms with Crippen LogP contribution in [0.2, 0.25) is 0 Å². The average Bonchev–Trinajstić information content (AvgIpc) is 3.13. The first kappa shape index (κ1) is 17.3. The van der Waals surface area contributed by atoms with Crippen LogP contribution in [0.25, 0.3) is 0 Å². The van der Waals surface area contributed by atoms with Crippen LogP contribution in [0.15, 0.2) is 29.2 Å². The Morgan fingerprint density at radius 2 is 1.68 bits per heavy atom. The lowest BCUT2D eigenvalue weighted by Crippen LogP contribution is -2.38. The van der Waals surface area contributed by atoms with Gasteiger partial charge in [0.2, 0.25) is 10.0 Å². The van der Waals surface area contributed by atoms with Crippen molar-refractivity contribution < 1.29 is 21.6 Å². The van der Waals surface area contributed by atoms with Crippen molar-refractivity contribution in [2.45, 2.75) is 48.8 Å². The molecule has 8 heteroatoms. The Labute approximate surface area is 145 Å². The topological polar surface area (TPSA) is 49.4 Å². The molecule has 0 aromatic heterocycles. The molecule has 3 aliphatic rings. The van der Waals surface area contributed by atoms with Crippen molar-refractivity contribution in [2.24, 2.45) is 11.8 Å². The maximum absolute atomic E-state index is 12.8. The molecule has 3 fully saturated rings. The van der Waals surface area contributed by atoms with Gasteiger partial charge < -0.3 is 5.32 Å². The SMILES string of the molecule is O=S(=O)(c1ccc(C(F)(F)F)cc1)N1CC2CCC(NC3CC3)C2C1. The van der Waals surface area contributed by atoms with Gasteiger partial charge in [-0.2, -0.15) is 17.5 Å². The predicted octanol–water partition coefficient (Wildman–Crippen LogP) is 2.86. The second-order valence-electron chi connectivity index (χ2n) is 7.39. The summed E-state index contributed by atoms with van der Waals surface area (Å²) in [6.07, 6.45) is 0.0195. The van der Waals surface area contributed by atoms with Gasteiger partial charge >= 0.3 is 6.18 Å². The summed E-state index contributed by atoms with van der Waals surface area (Å²) in [6, 6.07) is 4.75. The number of benzene rings is 1. The highest BCUT2D eigenvalue weighted by atomic mass is 32.2. The standard InChI is InChI=1S/C17H21F3N2O2S/c18-17(19,20)12-2-6-14(7-3-12)25(23,24)22-9-11-1-8-16(15(11)10-22)21-13-4-5-13/h2-3,6-7,11,13,15-16,21H,1,4-5,8-10H2. The van der Waals surface area contributed by atoms with Gasteiger partial charge in [-0.1, -0.05) is 0 Å². The van der Waals surface area contributed by atoms with Crippen LogP contribution in [-0.4, -0.2) is 37.9 Å². The number of alkyl halides is 3. The minimum atomic E-state index is -4.46. The maximum Gasteiger partial charge on any atom is 0.416 e. The van der Waals surface area contributed by atoms with Crippen molar-refractivity contribution in [2.75, 3.05) is 13.1 Å². The highest BCUT2D eigenvalue weighted by molar-refractivity contribution is 7.89. The number of nitrogens with one attached hydrogen (secondary N) is 1. The highest BCUT2D eigenvalue weighted by Crippen LogP contribution is 2.41. The summed E-state index contributed by atoms with van der Waals surface area (Å²) in [6.45, 7) is 0.926. The molecule has 1 heterocycles. The van der Waals surface area contributed by atoms with Gasteiger partial charge in [0.25, 0.3) is 0 Å². The Hall–Kier alpha value is -1.12. The van der Waals surface area contributed by atoms with Gasteiger partial charge in [0, 0.05) is 25.2 Å². The number of sulfonamides is 1. The maximum atomic E-state index is 12.8. The summed E-state index contributed by atoms with van der Waals surface area (Å²) in [4.78, 5) is -0.0628. The third kappa shape index (κ3) is 3.31. The Balaban J connectivity index is 1.49. The van der Waals surface area contributed by atoms with Crippen LogP contribution < -0.4 is 5.32 Å². The second-order valence-corrected chi connectivity index (χ2v) is 9.33. The van der Waals surface area contributed by atoms with Crippen molar-refractivity contribution in [3.8, 4) is 0 Å². The van der Waals surface area contributed by atoms with E-state index in [0.29, 0.717) is 37.0 Å². The Morgan fingerprint density at radius 1 is 1.00 bits per heavy atom. The van der Waals surface area contributed by atoms with Crippen molar-refractivity contribution >= 4 is 10.0 Å². The lowest BCUT2D eigenvalue weighted by atomic mass is 9.98. The molecule has 0 spiro atoms. The number of halogens is 3. The molecule has 4 nitrogen and oxygen atoms in total. The first-order chi connectivity index (χ1) is 11.7. The number of nitrogens with zero attached hydrogens (tertiary/aromatic N) is 1. The van der Waals surface area contributed by atoms with Crippen molar-refractivity contribution in [3.63, 3.8) is 0 Å².